The van der Waals surface area contributed by atoms with Gasteiger partial charge >= 0.3 is 0 Å². The van der Waals surface area contributed by atoms with Gasteiger partial charge in [-0.1, -0.05) is 33.6 Å². The number of hydrogen-bond acceptors (Lipinski definition) is 1. The van der Waals surface area contributed by atoms with Gasteiger partial charge in [-0.15, -0.1) is 0 Å². The van der Waals surface area contributed by atoms with Crippen LogP contribution < -0.4 is 5.56 Å². The average molecular weight is 259 g/mol. The van der Waals surface area contributed by atoms with Crippen molar-refractivity contribution in [2.24, 2.45) is 0 Å². The zero-order valence-corrected chi connectivity index (χ0v) is 8.82. The molecule has 2 rings (SSSR count). The van der Waals surface area contributed by atoms with E-state index >= 15 is 0 Å². The van der Waals surface area contributed by atoms with Crippen LogP contribution in [0.5, 0.6) is 0 Å². The zero-order valence-electron chi connectivity index (χ0n) is 6.47. The molecule has 0 atom stereocenters. The minimum Gasteiger partial charge on any atom is -0.312 e. The quantitative estimate of drug-likeness (QED) is 0.724. The Balaban J connectivity index is 2.95. The minimum atomic E-state index is -0.163. The summed E-state index contributed by atoms with van der Waals surface area (Å²) in [7, 11) is 0. The van der Waals surface area contributed by atoms with Gasteiger partial charge in [0.15, 0.2) is 0 Å². The Bertz CT molecular complexity index is 520. The zero-order chi connectivity index (χ0) is 9.42. The molecule has 0 aliphatic heterocycles. The molecule has 0 saturated carbocycles. The minimum absolute atomic E-state index is 0.163. The topological polar surface area (TPSA) is 32.9 Å². The van der Waals surface area contributed by atoms with Gasteiger partial charge in [0.05, 0.1) is 0 Å². The molecule has 0 amide bonds. The first-order valence-corrected chi connectivity index (χ1v) is 4.82. The van der Waals surface area contributed by atoms with E-state index in [4.69, 9.17) is 11.6 Å². The van der Waals surface area contributed by atoms with Crippen LogP contribution in [0.15, 0.2) is 33.5 Å². The number of rotatable bonds is 0. The molecule has 13 heavy (non-hydrogen) atoms. The molecular formula is C9H5BrClNO. The van der Waals surface area contributed by atoms with Crippen molar-refractivity contribution in [3.63, 3.8) is 0 Å². The lowest BCUT2D eigenvalue weighted by molar-refractivity contribution is 1.28. The maximum absolute atomic E-state index is 11.4. The molecule has 2 aromatic rings. The fourth-order valence-electron chi connectivity index (χ4n) is 1.20. The number of nitrogens with one attached hydrogen (secondary N) is 1. The second-order valence-corrected chi connectivity index (χ2v) is 4.00. The van der Waals surface area contributed by atoms with Crippen LogP contribution in [0, 0.1) is 0 Å². The summed E-state index contributed by atoms with van der Waals surface area (Å²) in [5.74, 6) is 0. The molecule has 4 heteroatoms. The summed E-state index contributed by atoms with van der Waals surface area (Å²) >= 11 is 9.00. The SMILES string of the molecule is O=c1[nH]c(Cl)cc2ccc(Br)cc12. The van der Waals surface area contributed by atoms with Gasteiger partial charge in [0, 0.05) is 9.86 Å². The molecule has 2 nitrogen and oxygen atoms in total. The third-order valence-corrected chi connectivity index (χ3v) is 2.47. The van der Waals surface area contributed by atoms with Crippen molar-refractivity contribution in [2.75, 3.05) is 0 Å². The summed E-state index contributed by atoms with van der Waals surface area (Å²) < 4.78 is 0.882. The van der Waals surface area contributed by atoms with E-state index < -0.39 is 0 Å². The fourth-order valence-corrected chi connectivity index (χ4v) is 1.76. The van der Waals surface area contributed by atoms with E-state index in [9.17, 15) is 4.79 Å². The molecule has 0 spiro atoms. The molecule has 1 aromatic heterocycles. The Morgan fingerprint density at radius 1 is 1.31 bits per heavy atom. The molecule has 0 unspecified atom stereocenters. The lowest BCUT2D eigenvalue weighted by atomic mass is 10.2. The summed E-state index contributed by atoms with van der Waals surface area (Å²) in [6.07, 6.45) is 0. The van der Waals surface area contributed by atoms with Crippen molar-refractivity contribution >= 4 is 38.3 Å². The first-order chi connectivity index (χ1) is 6.16. The van der Waals surface area contributed by atoms with Crippen LogP contribution in [0.2, 0.25) is 5.15 Å². The highest BCUT2D eigenvalue weighted by Crippen LogP contribution is 2.18. The van der Waals surface area contributed by atoms with Gasteiger partial charge in [-0.05, 0) is 23.6 Å². The second-order valence-electron chi connectivity index (χ2n) is 2.68. The molecule has 1 aromatic carbocycles. The molecule has 0 bridgehead atoms. The molecule has 0 aliphatic carbocycles. The van der Waals surface area contributed by atoms with Gasteiger partial charge in [-0.2, -0.15) is 0 Å². The molecule has 1 heterocycles. The molecular weight excluding hydrogens is 253 g/mol. The van der Waals surface area contributed by atoms with Crippen LogP contribution >= 0.6 is 27.5 Å². The molecule has 0 aliphatic rings. The van der Waals surface area contributed by atoms with Crippen molar-refractivity contribution < 1.29 is 0 Å². The predicted molar refractivity (Wildman–Crippen MR) is 57.3 cm³/mol. The van der Waals surface area contributed by atoms with Crippen LogP contribution in [-0.2, 0) is 0 Å². The highest BCUT2D eigenvalue weighted by molar-refractivity contribution is 9.10. The van der Waals surface area contributed by atoms with Crippen molar-refractivity contribution in [1.29, 1.82) is 0 Å². The average Bonchev–Trinajstić information content (AvgIpc) is 2.06. The van der Waals surface area contributed by atoms with Crippen molar-refractivity contribution in [2.45, 2.75) is 0 Å². The number of H-pyrrole nitrogens is 1. The van der Waals surface area contributed by atoms with Crippen LogP contribution in [0.3, 0.4) is 0 Å². The standard InChI is InChI=1S/C9H5BrClNO/c10-6-2-1-5-3-8(11)12-9(13)7(5)4-6/h1-4H,(H,12,13). The van der Waals surface area contributed by atoms with Gasteiger partial charge in [-0.25, -0.2) is 0 Å². The first-order valence-electron chi connectivity index (χ1n) is 3.65. The van der Waals surface area contributed by atoms with Gasteiger partial charge in [0.1, 0.15) is 5.15 Å². The van der Waals surface area contributed by atoms with Crippen molar-refractivity contribution in [3.8, 4) is 0 Å². The highest BCUT2D eigenvalue weighted by atomic mass is 79.9. The number of hydrogen-bond donors (Lipinski definition) is 1. The number of pyridine rings is 1. The van der Waals surface area contributed by atoms with Crippen LogP contribution in [-0.4, -0.2) is 4.98 Å². The lowest BCUT2D eigenvalue weighted by Gasteiger charge is -1.97. The normalized spacial score (nSPS) is 10.6. The van der Waals surface area contributed by atoms with E-state index in [-0.39, 0.29) is 5.56 Å². The molecule has 0 fully saturated rings. The Hall–Kier alpha value is -0.800. The Labute approximate surface area is 87.7 Å². The Morgan fingerprint density at radius 3 is 2.85 bits per heavy atom. The Kier molecular flexibility index (Phi) is 2.14. The number of aromatic amines is 1. The largest absolute Gasteiger partial charge is 0.312 e. The number of benzene rings is 1. The summed E-state index contributed by atoms with van der Waals surface area (Å²) in [6, 6.07) is 7.22. The highest BCUT2D eigenvalue weighted by Gasteiger charge is 2.00. The van der Waals surface area contributed by atoms with Gasteiger partial charge in [-0.3, -0.25) is 4.79 Å². The third kappa shape index (κ3) is 1.62. The fraction of sp³-hybridized carbons (Fsp3) is 0. The van der Waals surface area contributed by atoms with E-state index in [0.29, 0.717) is 10.5 Å². The van der Waals surface area contributed by atoms with Gasteiger partial charge in [0.2, 0.25) is 0 Å². The third-order valence-electron chi connectivity index (χ3n) is 1.78. The first kappa shape index (κ1) is 8.78. The van der Waals surface area contributed by atoms with E-state index in [2.05, 4.69) is 20.9 Å². The monoisotopic (exact) mass is 257 g/mol. The van der Waals surface area contributed by atoms with Crippen LogP contribution in [0.25, 0.3) is 10.8 Å². The van der Waals surface area contributed by atoms with E-state index in [1.165, 1.54) is 0 Å². The van der Waals surface area contributed by atoms with Crippen molar-refractivity contribution in [1.82, 2.24) is 4.98 Å². The van der Waals surface area contributed by atoms with Gasteiger partial charge < -0.3 is 4.98 Å². The van der Waals surface area contributed by atoms with Crippen molar-refractivity contribution in [3.05, 3.63) is 44.2 Å². The summed E-state index contributed by atoms with van der Waals surface area (Å²) in [5.41, 5.74) is -0.163. The number of aromatic nitrogens is 1. The molecule has 0 radical (unpaired) electrons. The van der Waals surface area contributed by atoms with Crippen LogP contribution in [0.4, 0.5) is 0 Å². The lowest BCUT2D eigenvalue weighted by Crippen LogP contribution is -2.05. The predicted octanol–water partition coefficient (Wildman–Crippen LogP) is 2.94. The summed E-state index contributed by atoms with van der Waals surface area (Å²) in [5, 5.41) is 1.84. The molecule has 0 saturated heterocycles. The molecule has 1 N–H and O–H groups in total. The van der Waals surface area contributed by atoms with Gasteiger partial charge in [0.25, 0.3) is 5.56 Å². The molecule has 66 valence electrons. The number of halogens is 2. The second kappa shape index (κ2) is 3.16. The van der Waals surface area contributed by atoms with E-state index in [0.717, 1.165) is 9.86 Å². The number of fused-ring (bicyclic) bond motifs is 1. The summed E-state index contributed by atoms with van der Waals surface area (Å²) in [6.45, 7) is 0. The maximum atomic E-state index is 11.4. The summed E-state index contributed by atoms with van der Waals surface area (Å²) in [4.78, 5) is 13.9. The smallest absolute Gasteiger partial charge is 0.256 e. The van der Waals surface area contributed by atoms with E-state index in [1.54, 1.807) is 12.1 Å². The van der Waals surface area contributed by atoms with Crippen LogP contribution in [0.1, 0.15) is 0 Å². The maximum Gasteiger partial charge on any atom is 0.256 e. The van der Waals surface area contributed by atoms with E-state index in [1.807, 2.05) is 12.1 Å². The Morgan fingerprint density at radius 2 is 2.08 bits per heavy atom.